The molecule has 3 aromatic rings. The van der Waals surface area contributed by atoms with E-state index in [2.05, 4.69) is 20.8 Å². The first-order valence-corrected chi connectivity index (χ1v) is 7.03. The van der Waals surface area contributed by atoms with Crippen molar-refractivity contribution in [3.63, 3.8) is 0 Å². The van der Waals surface area contributed by atoms with Gasteiger partial charge in [-0.2, -0.15) is 0 Å². The van der Waals surface area contributed by atoms with Crippen LogP contribution >= 0.6 is 12.2 Å². The smallest absolute Gasteiger partial charge is 0.272 e. The maximum Gasteiger partial charge on any atom is 0.272 e. The van der Waals surface area contributed by atoms with Crippen molar-refractivity contribution in [2.45, 2.75) is 0 Å². The summed E-state index contributed by atoms with van der Waals surface area (Å²) in [5, 5.41) is 10.5. The van der Waals surface area contributed by atoms with E-state index in [0.29, 0.717) is 5.69 Å². The molecule has 0 aliphatic rings. The molecule has 0 amide bonds. The van der Waals surface area contributed by atoms with Gasteiger partial charge in [-0.1, -0.05) is 18.2 Å². The average Bonchev–Trinajstić information content (AvgIpc) is 2.53. The highest BCUT2D eigenvalue weighted by Gasteiger charge is 2.10. The Morgan fingerprint density at radius 3 is 2.35 bits per heavy atom. The second-order valence-corrected chi connectivity index (χ2v) is 5.10. The number of thiocarbonyl (C=S) groups is 1. The van der Waals surface area contributed by atoms with Crippen LogP contribution in [0.2, 0.25) is 0 Å². The van der Waals surface area contributed by atoms with Crippen LogP contribution in [0.1, 0.15) is 0 Å². The fraction of sp³-hybridized carbons (Fsp3) is 0. The molecule has 0 spiro atoms. The zero-order chi connectivity index (χ0) is 16.4. The van der Waals surface area contributed by atoms with E-state index in [1.807, 2.05) is 0 Å². The van der Waals surface area contributed by atoms with Gasteiger partial charge in [-0.25, -0.2) is 4.39 Å². The van der Waals surface area contributed by atoms with E-state index in [4.69, 9.17) is 12.2 Å². The van der Waals surface area contributed by atoms with Crippen LogP contribution in [0, 0.1) is 5.82 Å². The highest BCUT2D eigenvalue weighted by atomic mass is 32.1. The number of anilines is 2. The van der Waals surface area contributed by atoms with Gasteiger partial charge in [-0.05, 0) is 36.5 Å². The van der Waals surface area contributed by atoms with Crippen LogP contribution in [0.5, 0.6) is 0 Å². The summed E-state index contributed by atoms with van der Waals surface area (Å²) in [5.41, 5.74) is -0.326. The van der Waals surface area contributed by atoms with Crippen LogP contribution in [0.4, 0.5) is 15.8 Å². The molecule has 0 saturated carbocycles. The summed E-state index contributed by atoms with van der Waals surface area (Å²) in [5.74, 6) is -0.455. The van der Waals surface area contributed by atoms with Gasteiger partial charge in [-0.15, -0.1) is 0 Å². The molecule has 0 bridgehead atoms. The van der Waals surface area contributed by atoms with Crippen LogP contribution < -0.4 is 21.8 Å². The highest BCUT2D eigenvalue weighted by molar-refractivity contribution is 7.80. The number of aromatic amines is 2. The van der Waals surface area contributed by atoms with Gasteiger partial charge in [0.25, 0.3) is 11.1 Å². The summed E-state index contributed by atoms with van der Waals surface area (Å²) in [6.45, 7) is 0. The third-order valence-corrected chi connectivity index (χ3v) is 3.40. The van der Waals surface area contributed by atoms with Crippen molar-refractivity contribution >= 4 is 39.5 Å². The largest absolute Gasteiger partial charge is 0.332 e. The Kier molecular flexibility index (Phi) is 3.90. The maximum absolute atomic E-state index is 13.6. The summed E-state index contributed by atoms with van der Waals surface area (Å²) >= 11 is 5.13. The topological polar surface area (TPSA) is 89.8 Å². The molecule has 0 atom stereocenters. The first-order valence-electron chi connectivity index (χ1n) is 6.62. The fourth-order valence-electron chi connectivity index (χ4n) is 2.17. The van der Waals surface area contributed by atoms with Crippen molar-refractivity contribution in [1.82, 2.24) is 10.2 Å². The van der Waals surface area contributed by atoms with Crippen molar-refractivity contribution < 1.29 is 4.39 Å². The molecule has 0 unspecified atom stereocenters. The second kappa shape index (κ2) is 6.01. The second-order valence-electron chi connectivity index (χ2n) is 4.70. The van der Waals surface area contributed by atoms with Gasteiger partial charge in [0.2, 0.25) is 0 Å². The molecule has 6 nitrogen and oxygen atoms in total. The number of aromatic nitrogens is 2. The molecule has 23 heavy (non-hydrogen) atoms. The molecule has 8 heteroatoms. The molecule has 0 aliphatic heterocycles. The van der Waals surface area contributed by atoms with Crippen molar-refractivity contribution in [1.29, 1.82) is 0 Å². The lowest BCUT2D eigenvalue weighted by atomic mass is 10.1. The molecular weight excluding hydrogens is 319 g/mol. The molecule has 4 N–H and O–H groups in total. The van der Waals surface area contributed by atoms with Gasteiger partial charge >= 0.3 is 0 Å². The molecule has 3 rings (SSSR count). The number of H-pyrrole nitrogens is 2. The average molecular weight is 330 g/mol. The first-order chi connectivity index (χ1) is 11.1. The molecule has 1 heterocycles. The minimum Gasteiger partial charge on any atom is -0.332 e. The summed E-state index contributed by atoms with van der Waals surface area (Å²) in [4.78, 5) is 23.7. The Morgan fingerprint density at radius 1 is 0.913 bits per heavy atom. The van der Waals surface area contributed by atoms with E-state index in [-0.39, 0.29) is 21.6 Å². The molecule has 2 aromatic carbocycles. The summed E-state index contributed by atoms with van der Waals surface area (Å²) in [6, 6.07) is 10.8. The van der Waals surface area contributed by atoms with Crippen LogP contribution in [0.3, 0.4) is 0 Å². The molecule has 1 aromatic heterocycles. The highest BCUT2D eigenvalue weighted by Crippen LogP contribution is 2.18. The van der Waals surface area contributed by atoms with Crippen LogP contribution in [0.25, 0.3) is 10.8 Å². The molecule has 0 aliphatic carbocycles. The van der Waals surface area contributed by atoms with E-state index in [1.54, 1.807) is 24.3 Å². The van der Waals surface area contributed by atoms with E-state index in [9.17, 15) is 14.0 Å². The minimum absolute atomic E-state index is 0.0993. The predicted molar refractivity (Wildman–Crippen MR) is 91.4 cm³/mol. The molecule has 0 fully saturated rings. The van der Waals surface area contributed by atoms with Gasteiger partial charge in [-0.3, -0.25) is 19.8 Å². The fourth-order valence-corrected chi connectivity index (χ4v) is 2.39. The zero-order valence-electron chi connectivity index (χ0n) is 11.6. The zero-order valence-corrected chi connectivity index (χ0v) is 12.5. The third-order valence-electron chi connectivity index (χ3n) is 3.20. The number of fused-ring (bicyclic) bond motifs is 1. The minimum atomic E-state index is -0.462. The third kappa shape index (κ3) is 2.97. The normalized spacial score (nSPS) is 10.5. The number of para-hydroxylation sites is 1. The number of hydrogen-bond donors (Lipinski definition) is 4. The van der Waals surface area contributed by atoms with E-state index >= 15 is 0 Å². The lowest BCUT2D eigenvalue weighted by molar-refractivity contribution is 0.632. The molecular formula is C15H11FN4O2S. The molecule has 116 valence electrons. The number of rotatable bonds is 2. The summed E-state index contributed by atoms with van der Waals surface area (Å²) < 4.78 is 13.6. The summed E-state index contributed by atoms with van der Waals surface area (Å²) in [7, 11) is 0. The van der Waals surface area contributed by atoms with Gasteiger partial charge in [0.15, 0.2) is 5.11 Å². The predicted octanol–water partition coefficient (Wildman–Crippen LogP) is 2.16. The number of hydrogen-bond acceptors (Lipinski definition) is 3. The van der Waals surface area contributed by atoms with Gasteiger partial charge < -0.3 is 10.6 Å². The van der Waals surface area contributed by atoms with Crippen molar-refractivity contribution in [2.75, 3.05) is 10.6 Å². The monoisotopic (exact) mass is 330 g/mol. The van der Waals surface area contributed by atoms with Crippen molar-refractivity contribution in [2.24, 2.45) is 0 Å². The Morgan fingerprint density at radius 2 is 1.57 bits per heavy atom. The van der Waals surface area contributed by atoms with E-state index in [0.717, 1.165) is 0 Å². The van der Waals surface area contributed by atoms with Crippen LogP contribution in [-0.2, 0) is 0 Å². The van der Waals surface area contributed by atoms with Crippen molar-refractivity contribution in [3.8, 4) is 0 Å². The number of benzene rings is 2. The molecule has 0 saturated heterocycles. The van der Waals surface area contributed by atoms with E-state index in [1.165, 1.54) is 18.2 Å². The Labute approximate surface area is 134 Å². The lowest BCUT2D eigenvalue weighted by Gasteiger charge is -2.12. The Bertz CT molecular complexity index is 1010. The Balaban J connectivity index is 1.95. The quantitative estimate of drug-likeness (QED) is 0.541. The van der Waals surface area contributed by atoms with Gasteiger partial charge in [0, 0.05) is 0 Å². The van der Waals surface area contributed by atoms with Gasteiger partial charge in [0.1, 0.15) is 5.82 Å². The standard InChI is InChI=1S/C15H11FN4O2S/c16-9-5-1-2-6-10(9)17-15(23)18-11-7-3-4-8-12(11)14(22)20-19-13(8)21/h1-7H,(H,19,21)(H,20,22)(H2,17,18,23). The van der Waals surface area contributed by atoms with Crippen LogP contribution in [0.15, 0.2) is 52.1 Å². The summed E-state index contributed by atoms with van der Waals surface area (Å²) in [6.07, 6.45) is 0. The lowest BCUT2D eigenvalue weighted by Crippen LogP contribution is -2.23. The molecule has 0 radical (unpaired) electrons. The Hall–Kier alpha value is -3.00. The van der Waals surface area contributed by atoms with Gasteiger partial charge in [0.05, 0.1) is 22.1 Å². The number of halogens is 1. The first kappa shape index (κ1) is 14.9. The SMILES string of the molecule is O=c1[nH][nH]c(=O)c2c(NC(=S)Nc3ccccc3F)cccc12. The maximum atomic E-state index is 13.6. The van der Waals surface area contributed by atoms with E-state index < -0.39 is 16.9 Å². The van der Waals surface area contributed by atoms with Crippen LogP contribution in [-0.4, -0.2) is 15.3 Å². The number of nitrogens with one attached hydrogen (secondary N) is 4. The van der Waals surface area contributed by atoms with Crippen molar-refractivity contribution in [3.05, 3.63) is 69.0 Å².